The number of rotatable bonds is 7. The zero-order valence-electron chi connectivity index (χ0n) is 19.8. The molecule has 0 saturated carbocycles. The van der Waals surface area contributed by atoms with Gasteiger partial charge in [0.2, 0.25) is 0 Å². The summed E-state index contributed by atoms with van der Waals surface area (Å²) in [6, 6.07) is 20.0. The summed E-state index contributed by atoms with van der Waals surface area (Å²) in [7, 11) is 2.35. The van der Waals surface area contributed by atoms with Gasteiger partial charge in [-0.15, -0.1) is 0 Å². The lowest BCUT2D eigenvalue weighted by Crippen LogP contribution is -2.15. The molecule has 0 spiro atoms. The monoisotopic (exact) mass is 510 g/mol. The topological polar surface area (TPSA) is 79.7 Å². The molecular formula is C27H21F3N2O5. The first-order valence-corrected chi connectivity index (χ1v) is 11.0. The van der Waals surface area contributed by atoms with Gasteiger partial charge in [-0.05, 0) is 42.0 Å². The molecule has 0 fully saturated rings. The van der Waals surface area contributed by atoms with Crippen molar-refractivity contribution in [3.63, 3.8) is 0 Å². The number of aromatic nitrogens is 2. The molecule has 190 valence electrons. The minimum atomic E-state index is -4.49. The van der Waals surface area contributed by atoms with E-state index in [0.29, 0.717) is 16.8 Å². The summed E-state index contributed by atoms with van der Waals surface area (Å²) in [4.78, 5) is 25.7. The summed E-state index contributed by atoms with van der Waals surface area (Å²) in [5, 5.41) is 4.54. The van der Waals surface area contributed by atoms with E-state index in [-0.39, 0.29) is 29.3 Å². The van der Waals surface area contributed by atoms with E-state index in [4.69, 9.17) is 14.2 Å². The van der Waals surface area contributed by atoms with Gasteiger partial charge in [0.05, 0.1) is 25.5 Å². The van der Waals surface area contributed by atoms with E-state index in [1.54, 1.807) is 54.6 Å². The highest BCUT2D eigenvalue weighted by Crippen LogP contribution is 2.36. The molecule has 7 nitrogen and oxygen atoms in total. The molecule has 0 saturated heterocycles. The fourth-order valence-electron chi connectivity index (χ4n) is 3.73. The van der Waals surface area contributed by atoms with Crippen LogP contribution in [-0.4, -0.2) is 35.9 Å². The zero-order chi connectivity index (χ0) is 26.6. The highest BCUT2D eigenvalue weighted by atomic mass is 19.4. The Bertz CT molecular complexity index is 1430. The average Bonchev–Trinajstić information content (AvgIpc) is 3.32. The molecule has 0 aliphatic heterocycles. The summed E-state index contributed by atoms with van der Waals surface area (Å²) in [5.41, 5.74) is 0.103. The van der Waals surface area contributed by atoms with Gasteiger partial charge in [-0.1, -0.05) is 42.5 Å². The first-order valence-electron chi connectivity index (χ1n) is 11.0. The van der Waals surface area contributed by atoms with Crippen LogP contribution in [0.1, 0.15) is 32.0 Å². The normalized spacial score (nSPS) is 11.2. The van der Waals surface area contributed by atoms with Crippen LogP contribution in [0.25, 0.3) is 16.9 Å². The maximum absolute atomic E-state index is 13.1. The van der Waals surface area contributed by atoms with Gasteiger partial charge in [0, 0.05) is 5.56 Å². The highest BCUT2D eigenvalue weighted by molar-refractivity contribution is 6.07. The number of hydrogen-bond acceptors (Lipinski definition) is 6. The van der Waals surface area contributed by atoms with Crippen LogP contribution < -0.4 is 4.74 Å². The number of carbonyl (C=O) groups excluding carboxylic acids is 2. The van der Waals surface area contributed by atoms with E-state index in [9.17, 15) is 22.8 Å². The number of esters is 2. The van der Waals surface area contributed by atoms with Gasteiger partial charge in [0.25, 0.3) is 0 Å². The van der Waals surface area contributed by atoms with Crippen LogP contribution in [0.15, 0.2) is 78.9 Å². The Morgan fingerprint density at radius 3 is 2.22 bits per heavy atom. The standard InChI is InChI=1S/C27H21F3N2O5/c1-35-25(33)22-23(31-32(24(22)26(34)36-2)19-11-4-3-5-12-19)20-13-6-7-14-21(20)37-16-17-9-8-10-18(15-17)27(28,29)30/h3-15H,16H2,1-2H3. The largest absolute Gasteiger partial charge is 0.488 e. The molecule has 0 atom stereocenters. The number of carbonyl (C=O) groups is 2. The SMILES string of the molecule is COC(=O)c1c(-c2ccccc2OCc2cccc(C(F)(F)F)c2)nn(-c2ccccc2)c1C(=O)OC. The van der Waals surface area contributed by atoms with Crippen molar-refractivity contribution >= 4 is 11.9 Å². The first kappa shape index (κ1) is 25.5. The van der Waals surface area contributed by atoms with E-state index in [0.717, 1.165) is 12.1 Å². The molecule has 0 N–H and O–H groups in total. The van der Waals surface area contributed by atoms with Gasteiger partial charge in [-0.3, -0.25) is 0 Å². The fraction of sp³-hybridized carbons (Fsp3) is 0.148. The summed E-state index contributed by atoms with van der Waals surface area (Å²) in [6.07, 6.45) is -4.49. The third-order valence-corrected chi connectivity index (χ3v) is 5.45. The molecule has 4 aromatic rings. The Morgan fingerprint density at radius 2 is 1.54 bits per heavy atom. The predicted molar refractivity (Wildman–Crippen MR) is 127 cm³/mol. The predicted octanol–water partition coefficient (Wildman–Crippen LogP) is 5.71. The molecular weight excluding hydrogens is 489 g/mol. The van der Waals surface area contributed by atoms with Gasteiger partial charge < -0.3 is 14.2 Å². The number of nitrogens with zero attached hydrogens (tertiary/aromatic N) is 2. The van der Waals surface area contributed by atoms with Gasteiger partial charge in [0.15, 0.2) is 5.69 Å². The molecule has 0 aliphatic carbocycles. The average molecular weight is 510 g/mol. The third kappa shape index (κ3) is 5.32. The molecule has 37 heavy (non-hydrogen) atoms. The van der Waals surface area contributed by atoms with E-state index >= 15 is 0 Å². The van der Waals surface area contributed by atoms with Crippen molar-refractivity contribution in [1.82, 2.24) is 9.78 Å². The van der Waals surface area contributed by atoms with Crippen LogP contribution in [-0.2, 0) is 22.3 Å². The van der Waals surface area contributed by atoms with Crippen molar-refractivity contribution < 1.29 is 37.0 Å². The van der Waals surface area contributed by atoms with Gasteiger partial charge >= 0.3 is 18.1 Å². The Balaban J connectivity index is 1.82. The summed E-state index contributed by atoms with van der Waals surface area (Å²) >= 11 is 0. The number of para-hydroxylation sites is 2. The lowest BCUT2D eigenvalue weighted by Gasteiger charge is -2.13. The van der Waals surface area contributed by atoms with E-state index in [2.05, 4.69) is 5.10 Å². The van der Waals surface area contributed by atoms with E-state index in [1.165, 1.54) is 31.0 Å². The summed E-state index contributed by atoms with van der Waals surface area (Å²) in [6.45, 7) is -0.183. The summed E-state index contributed by atoms with van der Waals surface area (Å²) in [5.74, 6) is -1.41. The zero-order valence-corrected chi connectivity index (χ0v) is 19.8. The molecule has 0 bridgehead atoms. The molecule has 1 aromatic heterocycles. The second-order valence-corrected chi connectivity index (χ2v) is 7.79. The van der Waals surface area contributed by atoms with Crippen LogP contribution in [0.2, 0.25) is 0 Å². The third-order valence-electron chi connectivity index (χ3n) is 5.45. The Labute approximate surface area is 210 Å². The maximum atomic E-state index is 13.1. The molecule has 0 amide bonds. The number of halogens is 3. The quantitative estimate of drug-likeness (QED) is 0.296. The van der Waals surface area contributed by atoms with Crippen LogP contribution in [0.5, 0.6) is 5.75 Å². The number of benzene rings is 3. The van der Waals surface area contributed by atoms with Crippen molar-refractivity contribution in [3.05, 3.63) is 101 Å². The Hall–Kier alpha value is -4.60. The van der Waals surface area contributed by atoms with E-state index < -0.39 is 23.7 Å². The maximum Gasteiger partial charge on any atom is 0.416 e. The number of ether oxygens (including phenoxy) is 3. The number of hydrogen-bond donors (Lipinski definition) is 0. The summed E-state index contributed by atoms with van der Waals surface area (Å²) < 4.78 is 56.4. The van der Waals surface area contributed by atoms with Crippen molar-refractivity contribution in [2.45, 2.75) is 12.8 Å². The van der Waals surface area contributed by atoms with Crippen LogP contribution in [0.3, 0.4) is 0 Å². The first-order chi connectivity index (χ1) is 17.7. The van der Waals surface area contributed by atoms with E-state index in [1.807, 2.05) is 0 Å². The van der Waals surface area contributed by atoms with Crippen molar-refractivity contribution in [3.8, 4) is 22.7 Å². The molecule has 1 heterocycles. The van der Waals surface area contributed by atoms with Crippen LogP contribution in [0.4, 0.5) is 13.2 Å². The smallest absolute Gasteiger partial charge is 0.416 e. The fourth-order valence-corrected chi connectivity index (χ4v) is 3.73. The molecule has 0 unspecified atom stereocenters. The Kier molecular flexibility index (Phi) is 7.28. The van der Waals surface area contributed by atoms with Crippen LogP contribution >= 0.6 is 0 Å². The lowest BCUT2D eigenvalue weighted by atomic mass is 10.0. The molecule has 4 rings (SSSR count). The second kappa shape index (κ2) is 10.6. The van der Waals surface area contributed by atoms with Crippen LogP contribution in [0, 0.1) is 0 Å². The van der Waals surface area contributed by atoms with Crippen molar-refractivity contribution in [2.75, 3.05) is 14.2 Å². The van der Waals surface area contributed by atoms with Crippen molar-refractivity contribution in [2.24, 2.45) is 0 Å². The minimum Gasteiger partial charge on any atom is -0.488 e. The van der Waals surface area contributed by atoms with Crippen molar-refractivity contribution in [1.29, 1.82) is 0 Å². The van der Waals surface area contributed by atoms with Gasteiger partial charge in [-0.25, -0.2) is 14.3 Å². The number of alkyl halides is 3. The second-order valence-electron chi connectivity index (χ2n) is 7.79. The molecule has 0 aliphatic rings. The van der Waals surface area contributed by atoms with Gasteiger partial charge in [0.1, 0.15) is 23.6 Å². The highest BCUT2D eigenvalue weighted by Gasteiger charge is 2.33. The molecule has 3 aromatic carbocycles. The Morgan fingerprint density at radius 1 is 0.865 bits per heavy atom. The number of methoxy groups -OCH3 is 2. The minimum absolute atomic E-state index is 0.0794. The molecule has 10 heteroatoms. The molecule has 0 radical (unpaired) electrons. The lowest BCUT2D eigenvalue weighted by molar-refractivity contribution is -0.137. The van der Waals surface area contributed by atoms with Gasteiger partial charge in [-0.2, -0.15) is 18.3 Å².